The Morgan fingerprint density at radius 1 is 0.700 bits per heavy atom. The number of isocyanates is 2. The van der Waals surface area contributed by atoms with Gasteiger partial charge in [0, 0.05) is 11.1 Å². The van der Waals surface area contributed by atoms with Crippen LogP contribution in [0.25, 0.3) is 0 Å². The molecule has 0 fully saturated rings. The second-order valence-electron chi connectivity index (χ2n) is 3.81. The molecule has 2 aromatic carbocycles. The molecule has 0 aromatic heterocycles. The monoisotopic (exact) mass is 274 g/mol. The van der Waals surface area contributed by atoms with Crippen molar-refractivity contribution in [3.63, 3.8) is 0 Å². The summed E-state index contributed by atoms with van der Waals surface area (Å²) in [6.45, 7) is 0. The summed E-state index contributed by atoms with van der Waals surface area (Å²) < 4.78 is 0. The zero-order chi connectivity index (χ0) is 13.6. The standard InChI is InChI=1S/C15H10N2O2.Na.H/c18-11-16-15(17-12-19,13-7-3-1-4-8-13)14-9-5-2-6-10-14;;/h1-10H;;. The molecular formula is C15H11N2NaO2. The van der Waals surface area contributed by atoms with E-state index in [9.17, 15) is 9.59 Å². The summed E-state index contributed by atoms with van der Waals surface area (Å²) in [7, 11) is 0. The van der Waals surface area contributed by atoms with Gasteiger partial charge in [-0.3, -0.25) is 0 Å². The Bertz CT molecular complexity index is 587. The molecule has 0 saturated heterocycles. The molecule has 2 rings (SSSR count). The molecule has 0 saturated carbocycles. The van der Waals surface area contributed by atoms with Gasteiger partial charge in [-0.2, -0.15) is 9.98 Å². The third-order valence-electron chi connectivity index (χ3n) is 2.77. The maximum absolute atomic E-state index is 10.8. The van der Waals surface area contributed by atoms with Crippen molar-refractivity contribution in [2.45, 2.75) is 5.66 Å². The molecule has 0 N–H and O–H groups in total. The fourth-order valence-corrected chi connectivity index (χ4v) is 1.92. The third kappa shape index (κ3) is 3.20. The average Bonchev–Trinajstić information content (AvgIpc) is 2.49. The van der Waals surface area contributed by atoms with Crippen molar-refractivity contribution in [2.24, 2.45) is 9.98 Å². The molecule has 0 radical (unpaired) electrons. The Hall–Kier alpha value is -1.80. The number of hydrogen-bond donors (Lipinski definition) is 0. The molecule has 94 valence electrons. The Morgan fingerprint density at radius 2 is 1.05 bits per heavy atom. The molecule has 0 heterocycles. The SMILES string of the molecule is O=C=NC(N=C=O)(c1ccccc1)c1ccccc1.[NaH]. The van der Waals surface area contributed by atoms with E-state index in [0.29, 0.717) is 11.1 Å². The fraction of sp³-hybridized carbons (Fsp3) is 0.0667. The molecule has 2 aromatic rings. The van der Waals surface area contributed by atoms with Gasteiger partial charge in [-0.25, -0.2) is 9.59 Å². The van der Waals surface area contributed by atoms with Crippen LogP contribution in [0.5, 0.6) is 0 Å². The van der Waals surface area contributed by atoms with Crippen LogP contribution in [-0.4, -0.2) is 41.7 Å². The number of benzene rings is 2. The van der Waals surface area contributed by atoms with Crippen LogP contribution in [0.15, 0.2) is 70.6 Å². The van der Waals surface area contributed by atoms with Crippen LogP contribution >= 0.6 is 0 Å². The summed E-state index contributed by atoms with van der Waals surface area (Å²) in [6.07, 6.45) is 2.99. The maximum atomic E-state index is 10.8. The average molecular weight is 274 g/mol. The predicted molar refractivity (Wildman–Crippen MR) is 77.1 cm³/mol. The Kier molecular flexibility index (Phi) is 6.26. The molecule has 0 aliphatic rings. The van der Waals surface area contributed by atoms with Crippen molar-refractivity contribution >= 4 is 41.7 Å². The summed E-state index contributed by atoms with van der Waals surface area (Å²) in [6, 6.07) is 17.8. The van der Waals surface area contributed by atoms with Crippen LogP contribution in [0.2, 0.25) is 0 Å². The molecule has 0 spiro atoms. The molecule has 4 nitrogen and oxygen atoms in total. The first kappa shape index (κ1) is 16.3. The van der Waals surface area contributed by atoms with E-state index >= 15 is 0 Å². The van der Waals surface area contributed by atoms with Gasteiger partial charge >= 0.3 is 29.6 Å². The summed E-state index contributed by atoms with van der Waals surface area (Å²) in [5, 5.41) is 0. The topological polar surface area (TPSA) is 58.9 Å². The van der Waals surface area contributed by atoms with Gasteiger partial charge in [0.1, 0.15) is 0 Å². The van der Waals surface area contributed by atoms with Crippen LogP contribution in [-0.2, 0) is 15.3 Å². The molecule has 0 aliphatic carbocycles. The van der Waals surface area contributed by atoms with Crippen LogP contribution in [0, 0.1) is 0 Å². The van der Waals surface area contributed by atoms with Gasteiger partial charge in [-0.05, 0) is 0 Å². The van der Waals surface area contributed by atoms with Gasteiger partial charge in [-0.1, -0.05) is 60.7 Å². The van der Waals surface area contributed by atoms with E-state index < -0.39 is 5.66 Å². The molecule has 0 unspecified atom stereocenters. The number of carbonyl (C=O) groups excluding carboxylic acids is 2. The van der Waals surface area contributed by atoms with E-state index in [-0.39, 0.29) is 29.6 Å². The number of hydrogen-bond acceptors (Lipinski definition) is 4. The summed E-state index contributed by atoms with van der Waals surface area (Å²) >= 11 is 0. The Balaban J connectivity index is 0.00000200. The molecule has 20 heavy (non-hydrogen) atoms. The predicted octanol–water partition coefficient (Wildman–Crippen LogP) is 1.91. The van der Waals surface area contributed by atoms with Gasteiger partial charge in [-0.15, -0.1) is 0 Å². The number of rotatable bonds is 4. The fourth-order valence-electron chi connectivity index (χ4n) is 1.92. The normalized spacial score (nSPS) is 9.60. The van der Waals surface area contributed by atoms with E-state index in [0.717, 1.165) is 0 Å². The van der Waals surface area contributed by atoms with E-state index in [1.807, 2.05) is 12.1 Å². The van der Waals surface area contributed by atoms with E-state index in [4.69, 9.17) is 0 Å². The first-order chi connectivity index (χ1) is 9.33. The van der Waals surface area contributed by atoms with Crippen LogP contribution < -0.4 is 0 Å². The first-order valence-electron chi connectivity index (χ1n) is 5.62. The van der Waals surface area contributed by atoms with E-state index in [2.05, 4.69) is 9.98 Å². The van der Waals surface area contributed by atoms with Gasteiger partial charge in [0.25, 0.3) is 0 Å². The quantitative estimate of drug-likeness (QED) is 0.486. The molecule has 0 aliphatic heterocycles. The molecule has 5 heteroatoms. The molecular weight excluding hydrogens is 263 g/mol. The van der Waals surface area contributed by atoms with Gasteiger partial charge < -0.3 is 0 Å². The molecule has 0 amide bonds. The summed E-state index contributed by atoms with van der Waals surface area (Å²) in [4.78, 5) is 29.0. The zero-order valence-electron chi connectivity index (χ0n) is 9.98. The van der Waals surface area contributed by atoms with Gasteiger partial charge in [0.15, 0.2) is 0 Å². The molecule has 0 bridgehead atoms. The second-order valence-corrected chi connectivity index (χ2v) is 3.81. The van der Waals surface area contributed by atoms with Crippen molar-refractivity contribution in [3.05, 3.63) is 71.8 Å². The minimum absolute atomic E-state index is 0. The summed E-state index contributed by atoms with van der Waals surface area (Å²) in [5.41, 5.74) is -0.202. The van der Waals surface area contributed by atoms with Gasteiger partial charge in [0.2, 0.25) is 17.8 Å². The van der Waals surface area contributed by atoms with Crippen molar-refractivity contribution in [2.75, 3.05) is 0 Å². The van der Waals surface area contributed by atoms with Crippen LogP contribution in [0.3, 0.4) is 0 Å². The number of aliphatic imine (C=N–C) groups is 2. The van der Waals surface area contributed by atoms with Crippen LogP contribution in [0.4, 0.5) is 0 Å². The van der Waals surface area contributed by atoms with E-state index in [1.54, 1.807) is 48.5 Å². The second kappa shape index (κ2) is 7.71. The Morgan fingerprint density at radius 3 is 1.35 bits per heavy atom. The third-order valence-corrected chi connectivity index (χ3v) is 2.77. The first-order valence-corrected chi connectivity index (χ1v) is 5.62. The summed E-state index contributed by atoms with van der Waals surface area (Å²) in [5.74, 6) is 0. The molecule has 0 atom stereocenters. The number of nitrogens with zero attached hydrogens (tertiary/aromatic N) is 2. The van der Waals surface area contributed by atoms with Crippen molar-refractivity contribution in [3.8, 4) is 0 Å². The van der Waals surface area contributed by atoms with Crippen molar-refractivity contribution < 1.29 is 9.59 Å². The van der Waals surface area contributed by atoms with Crippen molar-refractivity contribution in [1.29, 1.82) is 0 Å². The van der Waals surface area contributed by atoms with Crippen LogP contribution in [0.1, 0.15) is 11.1 Å². The minimum atomic E-state index is -1.41. The van der Waals surface area contributed by atoms with Crippen molar-refractivity contribution in [1.82, 2.24) is 0 Å². The Labute approximate surface area is 138 Å². The van der Waals surface area contributed by atoms with E-state index in [1.165, 1.54) is 12.2 Å². The zero-order valence-corrected chi connectivity index (χ0v) is 9.98. The van der Waals surface area contributed by atoms with Gasteiger partial charge in [0.05, 0.1) is 0 Å².